The third-order valence-corrected chi connectivity index (χ3v) is 3.11. The third-order valence-electron chi connectivity index (χ3n) is 3.11. The van der Waals surface area contributed by atoms with Crippen LogP contribution in [0.1, 0.15) is 37.3 Å². The highest BCUT2D eigenvalue weighted by atomic mass is 15.5. The first-order valence-corrected chi connectivity index (χ1v) is 5.76. The van der Waals surface area contributed by atoms with Crippen LogP contribution in [0.2, 0.25) is 0 Å². The van der Waals surface area contributed by atoms with Crippen molar-refractivity contribution in [1.82, 2.24) is 15.4 Å². The number of hydrogen-bond acceptors (Lipinski definition) is 3. The first kappa shape index (κ1) is 10.6. The molecule has 1 fully saturated rings. The fourth-order valence-electron chi connectivity index (χ4n) is 2.30. The molecule has 1 saturated heterocycles. The minimum Gasteiger partial charge on any atom is -0.264 e. The van der Waals surface area contributed by atoms with Crippen molar-refractivity contribution in [2.75, 3.05) is 13.6 Å². The van der Waals surface area contributed by atoms with E-state index in [1.165, 1.54) is 31.2 Å². The highest BCUT2D eigenvalue weighted by molar-refractivity contribution is 5.14. The van der Waals surface area contributed by atoms with Crippen LogP contribution < -0.4 is 5.43 Å². The molecule has 0 aliphatic carbocycles. The molecule has 1 atom stereocenters. The first-order valence-electron chi connectivity index (χ1n) is 5.76. The quantitative estimate of drug-likeness (QED) is 0.801. The average molecular weight is 205 g/mol. The molecule has 1 aromatic heterocycles. The Balaban J connectivity index is 2.16. The largest absolute Gasteiger partial charge is 0.264 e. The zero-order valence-electron chi connectivity index (χ0n) is 9.32. The number of nitrogens with one attached hydrogen (secondary N) is 1. The Bertz CT molecular complexity index is 286. The Morgan fingerprint density at radius 2 is 2.33 bits per heavy atom. The van der Waals surface area contributed by atoms with Gasteiger partial charge in [-0.15, -0.1) is 0 Å². The van der Waals surface area contributed by atoms with Crippen molar-refractivity contribution in [2.45, 2.75) is 31.7 Å². The van der Waals surface area contributed by atoms with Crippen LogP contribution in [0.15, 0.2) is 24.5 Å². The summed E-state index contributed by atoms with van der Waals surface area (Å²) in [5.41, 5.74) is 4.63. The van der Waals surface area contributed by atoms with Gasteiger partial charge in [0.2, 0.25) is 0 Å². The number of hydrogen-bond donors (Lipinski definition) is 1. The van der Waals surface area contributed by atoms with Crippen LogP contribution in [0.4, 0.5) is 0 Å². The Labute approximate surface area is 91.5 Å². The van der Waals surface area contributed by atoms with Crippen LogP contribution in [0.25, 0.3) is 0 Å². The molecule has 1 N–H and O–H groups in total. The van der Waals surface area contributed by atoms with E-state index in [-0.39, 0.29) is 0 Å². The van der Waals surface area contributed by atoms with E-state index in [9.17, 15) is 0 Å². The van der Waals surface area contributed by atoms with E-state index in [2.05, 4.69) is 21.5 Å². The second-order valence-corrected chi connectivity index (χ2v) is 4.07. The van der Waals surface area contributed by atoms with Gasteiger partial charge in [0.1, 0.15) is 0 Å². The summed E-state index contributed by atoms with van der Waals surface area (Å²) in [6.45, 7) is 1.13. The minimum absolute atomic E-state index is 0.492. The molecule has 0 bridgehead atoms. The van der Waals surface area contributed by atoms with E-state index < -0.39 is 0 Å². The third kappa shape index (κ3) is 2.55. The first-order chi connectivity index (χ1) is 7.42. The number of hydrazine groups is 1. The van der Waals surface area contributed by atoms with E-state index in [4.69, 9.17) is 0 Å². The van der Waals surface area contributed by atoms with Crippen molar-refractivity contribution in [3.05, 3.63) is 30.1 Å². The van der Waals surface area contributed by atoms with Crippen molar-refractivity contribution in [3.63, 3.8) is 0 Å². The number of rotatable bonds is 2. The van der Waals surface area contributed by atoms with E-state index in [0.717, 1.165) is 6.54 Å². The van der Waals surface area contributed by atoms with Gasteiger partial charge in [-0.1, -0.05) is 18.9 Å². The van der Waals surface area contributed by atoms with Crippen molar-refractivity contribution >= 4 is 0 Å². The van der Waals surface area contributed by atoms with E-state index in [0.29, 0.717) is 6.04 Å². The Morgan fingerprint density at radius 1 is 1.40 bits per heavy atom. The van der Waals surface area contributed by atoms with Gasteiger partial charge in [0, 0.05) is 18.9 Å². The van der Waals surface area contributed by atoms with Crippen LogP contribution in [-0.4, -0.2) is 23.6 Å². The molecule has 82 valence electrons. The normalized spacial score (nSPS) is 23.7. The lowest BCUT2D eigenvalue weighted by Gasteiger charge is -2.28. The SMILES string of the molecule is CNN1CCCCC[C@H]1c1cccnc1. The molecular formula is C12H19N3. The standard InChI is InChI=1S/C12H19N3/c1-13-15-9-4-2-3-7-12(15)11-6-5-8-14-10-11/h5-6,8,10,12-13H,2-4,7,9H2,1H3/t12-/m0/s1. The Kier molecular flexibility index (Phi) is 3.69. The Morgan fingerprint density at radius 3 is 3.07 bits per heavy atom. The highest BCUT2D eigenvalue weighted by Gasteiger charge is 2.21. The number of pyridine rings is 1. The van der Waals surface area contributed by atoms with Gasteiger partial charge in [0.25, 0.3) is 0 Å². The van der Waals surface area contributed by atoms with Crippen molar-refractivity contribution in [2.24, 2.45) is 0 Å². The van der Waals surface area contributed by atoms with Gasteiger partial charge >= 0.3 is 0 Å². The molecule has 1 aliphatic rings. The highest BCUT2D eigenvalue weighted by Crippen LogP contribution is 2.27. The molecule has 15 heavy (non-hydrogen) atoms. The lowest BCUT2D eigenvalue weighted by Crippen LogP contribution is -2.38. The molecule has 2 heterocycles. The van der Waals surface area contributed by atoms with Gasteiger partial charge < -0.3 is 0 Å². The molecule has 0 radical (unpaired) electrons. The second-order valence-electron chi connectivity index (χ2n) is 4.07. The maximum atomic E-state index is 4.20. The summed E-state index contributed by atoms with van der Waals surface area (Å²) in [6.07, 6.45) is 9.00. The molecule has 2 rings (SSSR count). The molecule has 0 aromatic carbocycles. The summed E-state index contributed by atoms with van der Waals surface area (Å²) in [4.78, 5) is 4.20. The molecule has 0 amide bonds. The molecule has 1 aromatic rings. The van der Waals surface area contributed by atoms with Gasteiger partial charge in [-0.3, -0.25) is 10.4 Å². The number of nitrogens with zero attached hydrogens (tertiary/aromatic N) is 2. The summed E-state index contributed by atoms with van der Waals surface area (Å²) in [5.74, 6) is 0. The summed E-state index contributed by atoms with van der Waals surface area (Å²) >= 11 is 0. The van der Waals surface area contributed by atoms with Crippen LogP contribution in [0.3, 0.4) is 0 Å². The summed E-state index contributed by atoms with van der Waals surface area (Å²) < 4.78 is 0. The molecular weight excluding hydrogens is 186 g/mol. The van der Waals surface area contributed by atoms with Gasteiger partial charge in [-0.2, -0.15) is 0 Å². The van der Waals surface area contributed by atoms with Crippen molar-refractivity contribution < 1.29 is 0 Å². The maximum absolute atomic E-state index is 4.20. The molecule has 0 spiro atoms. The second kappa shape index (κ2) is 5.24. The molecule has 1 aliphatic heterocycles. The summed E-state index contributed by atoms with van der Waals surface area (Å²) in [6, 6.07) is 4.69. The van der Waals surface area contributed by atoms with Gasteiger partial charge in [-0.25, -0.2) is 5.01 Å². The molecule has 0 unspecified atom stereocenters. The predicted octanol–water partition coefficient (Wildman–Crippen LogP) is 2.13. The van der Waals surface area contributed by atoms with Gasteiger partial charge in [0.15, 0.2) is 0 Å². The van der Waals surface area contributed by atoms with Gasteiger partial charge in [0.05, 0.1) is 6.04 Å². The molecule has 3 nitrogen and oxygen atoms in total. The molecule has 0 saturated carbocycles. The summed E-state index contributed by atoms with van der Waals surface area (Å²) in [7, 11) is 2.01. The lowest BCUT2D eigenvalue weighted by atomic mass is 10.0. The fourth-order valence-corrected chi connectivity index (χ4v) is 2.30. The maximum Gasteiger partial charge on any atom is 0.0508 e. The lowest BCUT2D eigenvalue weighted by molar-refractivity contribution is 0.142. The summed E-state index contributed by atoms with van der Waals surface area (Å²) in [5, 5.41) is 2.34. The predicted molar refractivity (Wildman–Crippen MR) is 61.2 cm³/mol. The smallest absolute Gasteiger partial charge is 0.0508 e. The van der Waals surface area contributed by atoms with E-state index in [1.54, 1.807) is 0 Å². The monoisotopic (exact) mass is 205 g/mol. The minimum atomic E-state index is 0.492. The molecule has 3 heteroatoms. The fraction of sp³-hybridized carbons (Fsp3) is 0.583. The zero-order chi connectivity index (χ0) is 10.5. The average Bonchev–Trinajstić information content (AvgIpc) is 2.55. The Hall–Kier alpha value is -0.930. The topological polar surface area (TPSA) is 28.2 Å². The van der Waals surface area contributed by atoms with E-state index >= 15 is 0 Å². The van der Waals surface area contributed by atoms with Crippen LogP contribution in [-0.2, 0) is 0 Å². The van der Waals surface area contributed by atoms with Crippen molar-refractivity contribution in [1.29, 1.82) is 0 Å². The van der Waals surface area contributed by atoms with Crippen LogP contribution >= 0.6 is 0 Å². The number of aromatic nitrogens is 1. The van der Waals surface area contributed by atoms with Gasteiger partial charge in [-0.05, 0) is 31.5 Å². The van der Waals surface area contributed by atoms with E-state index in [1.807, 2.05) is 25.5 Å². The van der Waals surface area contributed by atoms with Crippen molar-refractivity contribution in [3.8, 4) is 0 Å². The van der Waals surface area contributed by atoms with Crippen LogP contribution in [0, 0.1) is 0 Å². The van der Waals surface area contributed by atoms with Crippen LogP contribution in [0.5, 0.6) is 0 Å². The zero-order valence-corrected chi connectivity index (χ0v) is 9.32.